The van der Waals surface area contributed by atoms with Crippen molar-refractivity contribution >= 4 is 23.2 Å². The minimum absolute atomic E-state index is 0.934. The van der Waals surface area contributed by atoms with Gasteiger partial charge in [0.05, 0.1) is 5.69 Å². The lowest BCUT2D eigenvalue weighted by molar-refractivity contribution is 1.13. The molecule has 0 radical (unpaired) electrons. The van der Waals surface area contributed by atoms with Crippen LogP contribution in [0.25, 0.3) is 5.57 Å². The van der Waals surface area contributed by atoms with Gasteiger partial charge in [-0.15, -0.1) is 0 Å². The van der Waals surface area contributed by atoms with Crippen LogP contribution >= 0.6 is 0 Å². The number of para-hydroxylation sites is 1. The van der Waals surface area contributed by atoms with Crippen molar-refractivity contribution in [1.29, 1.82) is 0 Å². The highest BCUT2D eigenvalue weighted by atomic mass is 15.1. The summed E-state index contributed by atoms with van der Waals surface area (Å²) in [5.41, 5.74) is 6.08. The first-order valence-corrected chi connectivity index (χ1v) is 6.84. The Balaban J connectivity index is 1.77. The van der Waals surface area contributed by atoms with Crippen LogP contribution in [0.3, 0.4) is 0 Å². The molecule has 2 aromatic rings. The van der Waals surface area contributed by atoms with E-state index in [1.807, 2.05) is 12.3 Å². The highest BCUT2D eigenvalue weighted by Crippen LogP contribution is 2.31. The molecule has 0 atom stereocenters. The van der Waals surface area contributed by atoms with Crippen molar-refractivity contribution in [2.75, 3.05) is 19.0 Å². The van der Waals surface area contributed by atoms with Gasteiger partial charge in [0.2, 0.25) is 0 Å². The number of fused-ring (bicyclic) bond motifs is 1. The molecule has 2 heteroatoms. The Morgan fingerprint density at radius 1 is 1.00 bits per heavy atom. The van der Waals surface area contributed by atoms with E-state index in [4.69, 9.17) is 0 Å². The molecule has 0 saturated heterocycles. The summed E-state index contributed by atoms with van der Waals surface area (Å²) in [5, 5.41) is 0. The molecule has 20 heavy (non-hydrogen) atoms. The summed E-state index contributed by atoms with van der Waals surface area (Å²) < 4.78 is 0. The fourth-order valence-corrected chi connectivity index (χ4v) is 2.36. The summed E-state index contributed by atoms with van der Waals surface area (Å²) >= 11 is 0. The first-order chi connectivity index (χ1) is 9.74. The predicted molar refractivity (Wildman–Crippen MR) is 87.0 cm³/mol. The van der Waals surface area contributed by atoms with Gasteiger partial charge in [0.25, 0.3) is 0 Å². The second-order valence-electron chi connectivity index (χ2n) is 5.20. The van der Waals surface area contributed by atoms with Gasteiger partial charge in [-0.1, -0.05) is 36.4 Å². The van der Waals surface area contributed by atoms with Crippen LogP contribution in [0.15, 0.2) is 59.6 Å². The van der Waals surface area contributed by atoms with Gasteiger partial charge in [0, 0.05) is 31.6 Å². The van der Waals surface area contributed by atoms with E-state index in [-0.39, 0.29) is 0 Å². The molecule has 2 aromatic carbocycles. The van der Waals surface area contributed by atoms with Crippen LogP contribution in [0.4, 0.5) is 11.4 Å². The van der Waals surface area contributed by atoms with Gasteiger partial charge < -0.3 is 4.90 Å². The maximum atomic E-state index is 4.43. The average molecular weight is 262 g/mol. The lowest BCUT2D eigenvalue weighted by Crippen LogP contribution is -2.08. The first-order valence-electron chi connectivity index (χ1n) is 6.84. The lowest BCUT2D eigenvalue weighted by Gasteiger charge is -2.12. The summed E-state index contributed by atoms with van der Waals surface area (Å²) in [6.45, 7) is 0. The molecular formula is C18H18N2. The van der Waals surface area contributed by atoms with E-state index >= 15 is 0 Å². The smallest absolute Gasteiger partial charge is 0.0708 e. The molecule has 1 heterocycles. The Bertz CT molecular complexity index is 664. The fourth-order valence-electron chi connectivity index (χ4n) is 2.36. The zero-order chi connectivity index (χ0) is 13.9. The SMILES string of the molecule is CN(C)c1ccc(CC=C2C=Nc3ccccc32)cc1. The van der Waals surface area contributed by atoms with Gasteiger partial charge in [-0.2, -0.15) is 0 Å². The molecule has 0 aliphatic carbocycles. The van der Waals surface area contributed by atoms with Gasteiger partial charge in [0.15, 0.2) is 0 Å². The van der Waals surface area contributed by atoms with E-state index in [0.29, 0.717) is 0 Å². The summed E-state index contributed by atoms with van der Waals surface area (Å²) in [6, 6.07) is 17.0. The summed E-state index contributed by atoms with van der Waals surface area (Å²) in [6.07, 6.45) is 5.14. The third-order valence-corrected chi connectivity index (χ3v) is 3.57. The molecule has 100 valence electrons. The minimum atomic E-state index is 0.934. The molecule has 2 nitrogen and oxygen atoms in total. The third kappa shape index (κ3) is 2.50. The number of aliphatic imine (C=N–C) groups is 1. The van der Waals surface area contributed by atoms with Crippen molar-refractivity contribution in [3.05, 3.63) is 65.7 Å². The maximum Gasteiger partial charge on any atom is 0.0708 e. The minimum Gasteiger partial charge on any atom is -0.378 e. The van der Waals surface area contributed by atoms with Crippen LogP contribution < -0.4 is 4.90 Å². The monoisotopic (exact) mass is 262 g/mol. The summed E-state index contributed by atoms with van der Waals surface area (Å²) in [7, 11) is 4.12. The second kappa shape index (κ2) is 5.33. The third-order valence-electron chi connectivity index (χ3n) is 3.57. The number of anilines is 1. The number of allylic oxidation sites excluding steroid dienone is 2. The molecule has 0 aromatic heterocycles. The van der Waals surface area contributed by atoms with Crippen molar-refractivity contribution < 1.29 is 0 Å². The molecule has 0 unspecified atom stereocenters. The van der Waals surface area contributed by atoms with Crippen molar-refractivity contribution in [3.63, 3.8) is 0 Å². The van der Waals surface area contributed by atoms with Crippen LogP contribution in [0.5, 0.6) is 0 Å². The Kier molecular flexibility index (Phi) is 3.38. The summed E-state index contributed by atoms with van der Waals surface area (Å²) in [5.74, 6) is 0. The highest BCUT2D eigenvalue weighted by molar-refractivity contribution is 6.16. The number of rotatable bonds is 3. The second-order valence-corrected chi connectivity index (χ2v) is 5.20. The molecular weight excluding hydrogens is 244 g/mol. The average Bonchev–Trinajstić information content (AvgIpc) is 2.89. The van der Waals surface area contributed by atoms with Gasteiger partial charge in [-0.05, 0) is 35.8 Å². The van der Waals surface area contributed by atoms with E-state index in [2.05, 4.69) is 72.5 Å². The maximum absolute atomic E-state index is 4.43. The molecule has 3 rings (SSSR count). The molecule has 0 N–H and O–H groups in total. The molecule has 0 amide bonds. The van der Waals surface area contributed by atoms with Crippen LogP contribution in [0.1, 0.15) is 11.1 Å². The molecule has 1 aliphatic rings. The van der Waals surface area contributed by atoms with Crippen LogP contribution in [-0.2, 0) is 6.42 Å². The zero-order valence-electron chi connectivity index (χ0n) is 11.9. The number of hydrogen-bond donors (Lipinski definition) is 0. The Hall–Kier alpha value is -2.35. The van der Waals surface area contributed by atoms with E-state index in [1.54, 1.807) is 0 Å². The summed E-state index contributed by atoms with van der Waals surface area (Å²) in [4.78, 5) is 6.54. The van der Waals surface area contributed by atoms with E-state index in [1.165, 1.54) is 22.4 Å². The Labute approximate surface area is 120 Å². The fraction of sp³-hybridized carbons (Fsp3) is 0.167. The van der Waals surface area contributed by atoms with Crippen LogP contribution in [0, 0.1) is 0 Å². The van der Waals surface area contributed by atoms with Crippen molar-refractivity contribution in [2.24, 2.45) is 4.99 Å². The Morgan fingerprint density at radius 3 is 2.50 bits per heavy atom. The van der Waals surface area contributed by atoms with Crippen LogP contribution in [0.2, 0.25) is 0 Å². The predicted octanol–water partition coefficient (Wildman–Crippen LogP) is 4.09. The molecule has 1 aliphatic heterocycles. The quantitative estimate of drug-likeness (QED) is 0.813. The van der Waals surface area contributed by atoms with Crippen molar-refractivity contribution in [1.82, 2.24) is 0 Å². The first kappa shape index (κ1) is 12.7. The molecule has 0 bridgehead atoms. The molecule has 0 saturated carbocycles. The number of hydrogen-bond acceptors (Lipinski definition) is 2. The topological polar surface area (TPSA) is 15.6 Å². The van der Waals surface area contributed by atoms with E-state index in [0.717, 1.165) is 12.1 Å². The van der Waals surface area contributed by atoms with Crippen molar-refractivity contribution in [3.8, 4) is 0 Å². The zero-order valence-corrected chi connectivity index (χ0v) is 11.9. The standard InChI is InChI=1S/C18H18N2/c1-20(2)16-11-8-14(9-12-16)7-10-15-13-19-18-6-4-3-5-17(15)18/h3-6,8-13H,7H2,1-2H3. The normalized spacial score (nSPS) is 14.6. The van der Waals surface area contributed by atoms with Crippen LogP contribution in [-0.4, -0.2) is 20.3 Å². The van der Waals surface area contributed by atoms with Crippen molar-refractivity contribution in [2.45, 2.75) is 6.42 Å². The van der Waals surface area contributed by atoms with E-state index in [9.17, 15) is 0 Å². The molecule has 0 spiro atoms. The van der Waals surface area contributed by atoms with Gasteiger partial charge in [0.1, 0.15) is 0 Å². The molecule has 0 fully saturated rings. The number of nitrogens with zero attached hydrogens (tertiary/aromatic N) is 2. The van der Waals surface area contributed by atoms with Gasteiger partial charge in [-0.3, -0.25) is 4.99 Å². The highest BCUT2D eigenvalue weighted by Gasteiger charge is 2.10. The lowest BCUT2D eigenvalue weighted by atomic mass is 10.0. The Morgan fingerprint density at radius 2 is 1.75 bits per heavy atom. The van der Waals surface area contributed by atoms with E-state index < -0.39 is 0 Å². The number of benzene rings is 2. The largest absolute Gasteiger partial charge is 0.378 e. The van der Waals surface area contributed by atoms with Gasteiger partial charge >= 0.3 is 0 Å². The van der Waals surface area contributed by atoms with Gasteiger partial charge in [-0.25, -0.2) is 0 Å².